The van der Waals surface area contributed by atoms with Crippen LogP contribution in [0.2, 0.25) is 0 Å². The number of unbranched alkanes of at least 4 members (excludes halogenated alkanes) is 13. The molecule has 0 amide bonds. The Morgan fingerprint density at radius 2 is 1.04 bits per heavy atom. The standard InChI is InChI=1S/C20H42O4S.K/c1-2-3-4-5-6-8-11-14-17-20(21)18-15-12-9-7-10-13-16-19-25(22,23)24;/h20-21H,2-19H2,1H3,(H,22,23,24);/q;+1/p-1. The summed E-state index contributed by atoms with van der Waals surface area (Å²) in [6, 6.07) is 0. The van der Waals surface area contributed by atoms with E-state index in [1.54, 1.807) is 0 Å². The maximum Gasteiger partial charge on any atom is 1.00 e. The van der Waals surface area contributed by atoms with E-state index in [0.717, 1.165) is 57.8 Å². The van der Waals surface area contributed by atoms with E-state index in [2.05, 4.69) is 6.92 Å². The molecule has 6 heteroatoms. The van der Waals surface area contributed by atoms with Gasteiger partial charge in [-0.2, -0.15) is 0 Å². The first-order valence-corrected chi connectivity index (χ1v) is 12.1. The van der Waals surface area contributed by atoms with E-state index in [0.29, 0.717) is 6.42 Å². The molecule has 0 aromatic heterocycles. The van der Waals surface area contributed by atoms with Crippen LogP contribution in [0.3, 0.4) is 0 Å². The van der Waals surface area contributed by atoms with Gasteiger partial charge in [-0.3, -0.25) is 0 Å². The maximum atomic E-state index is 10.5. The Labute approximate surface area is 205 Å². The van der Waals surface area contributed by atoms with Gasteiger partial charge in [0, 0.05) is 5.75 Å². The Balaban J connectivity index is 0. The molecule has 0 aromatic carbocycles. The van der Waals surface area contributed by atoms with Gasteiger partial charge < -0.3 is 9.66 Å². The van der Waals surface area contributed by atoms with Crippen molar-refractivity contribution in [2.75, 3.05) is 5.75 Å². The van der Waals surface area contributed by atoms with Gasteiger partial charge in [-0.15, -0.1) is 0 Å². The van der Waals surface area contributed by atoms with Crippen molar-refractivity contribution in [3.63, 3.8) is 0 Å². The second kappa shape index (κ2) is 21.2. The van der Waals surface area contributed by atoms with E-state index in [-0.39, 0.29) is 63.2 Å². The van der Waals surface area contributed by atoms with Gasteiger partial charge in [-0.1, -0.05) is 96.8 Å². The summed E-state index contributed by atoms with van der Waals surface area (Å²) in [5.74, 6) is -0.224. The molecule has 26 heavy (non-hydrogen) atoms. The third-order valence-corrected chi connectivity index (χ3v) is 5.61. The zero-order valence-corrected chi connectivity index (χ0v) is 21.3. The maximum absolute atomic E-state index is 10.5. The molecular weight excluding hydrogens is 375 g/mol. The van der Waals surface area contributed by atoms with E-state index < -0.39 is 10.1 Å². The molecule has 1 unspecified atom stereocenters. The number of hydrogen-bond acceptors (Lipinski definition) is 4. The monoisotopic (exact) mass is 416 g/mol. The van der Waals surface area contributed by atoms with Crippen molar-refractivity contribution < 1.29 is 69.5 Å². The van der Waals surface area contributed by atoms with Crippen molar-refractivity contribution in [3.8, 4) is 0 Å². The summed E-state index contributed by atoms with van der Waals surface area (Å²) in [5, 5.41) is 9.98. The summed E-state index contributed by atoms with van der Waals surface area (Å²) < 4.78 is 31.4. The Hall–Kier alpha value is 1.51. The molecule has 0 aliphatic carbocycles. The van der Waals surface area contributed by atoms with Crippen LogP contribution in [0.15, 0.2) is 0 Å². The molecule has 152 valence electrons. The molecule has 0 aliphatic rings. The molecule has 1 atom stereocenters. The minimum Gasteiger partial charge on any atom is -0.748 e. The van der Waals surface area contributed by atoms with E-state index in [1.165, 1.54) is 44.9 Å². The van der Waals surface area contributed by atoms with Crippen LogP contribution in [-0.2, 0) is 10.1 Å². The van der Waals surface area contributed by atoms with Crippen molar-refractivity contribution in [2.24, 2.45) is 0 Å². The van der Waals surface area contributed by atoms with Gasteiger partial charge >= 0.3 is 51.4 Å². The zero-order chi connectivity index (χ0) is 18.8. The van der Waals surface area contributed by atoms with Gasteiger partial charge in [-0.25, -0.2) is 8.42 Å². The fourth-order valence-electron chi connectivity index (χ4n) is 3.20. The molecule has 0 fully saturated rings. The van der Waals surface area contributed by atoms with Crippen molar-refractivity contribution >= 4 is 10.1 Å². The Morgan fingerprint density at radius 1 is 0.692 bits per heavy atom. The molecule has 0 saturated carbocycles. The van der Waals surface area contributed by atoms with Crippen LogP contribution >= 0.6 is 0 Å². The van der Waals surface area contributed by atoms with Crippen molar-refractivity contribution in [1.29, 1.82) is 0 Å². The molecule has 0 heterocycles. The van der Waals surface area contributed by atoms with Gasteiger partial charge in [-0.05, 0) is 19.3 Å². The predicted octanol–water partition coefficient (Wildman–Crippen LogP) is 2.55. The molecule has 0 aromatic rings. The molecule has 0 radical (unpaired) electrons. The van der Waals surface area contributed by atoms with Crippen LogP contribution in [0.1, 0.15) is 116 Å². The number of aliphatic hydroxyl groups excluding tert-OH is 1. The second-order valence-corrected chi connectivity index (χ2v) is 8.97. The molecule has 0 bridgehead atoms. The molecule has 1 N–H and O–H groups in total. The summed E-state index contributed by atoms with van der Waals surface area (Å²) in [6.45, 7) is 2.24. The van der Waals surface area contributed by atoms with Crippen molar-refractivity contribution in [2.45, 2.75) is 122 Å². The predicted molar refractivity (Wildman–Crippen MR) is 105 cm³/mol. The van der Waals surface area contributed by atoms with E-state index in [9.17, 15) is 18.1 Å². The van der Waals surface area contributed by atoms with Crippen LogP contribution < -0.4 is 51.4 Å². The summed E-state index contributed by atoms with van der Waals surface area (Å²) in [6.07, 6.45) is 18.9. The minimum absolute atomic E-state index is 0. The summed E-state index contributed by atoms with van der Waals surface area (Å²) in [7, 11) is -4.03. The molecule has 0 rings (SSSR count). The van der Waals surface area contributed by atoms with E-state index in [1.807, 2.05) is 0 Å². The number of hydrogen-bond donors (Lipinski definition) is 1. The Bertz CT molecular complexity index is 374. The molecule has 4 nitrogen and oxygen atoms in total. The van der Waals surface area contributed by atoms with E-state index in [4.69, 9.17) is 0 Å². The zero-order valence-electron chi connectivity index (χ0n) is 17.4. The van der Waals surface area contributed by atoms with Crippen LogP contribution in [0, 0.1) is 0 Å². The summed E-state index contributed by atoms with van der Waals surface area (Å²) in [5.41, 5.74) is 0. The quantitative estimate of drug-likeness (QED) is 0.199. The normalized spacial score (nSPS) is 12.7. The van der Waals surface area contributed by atoms with Gasteiger partial charge in [0.2, 0.25) is 0 Å². The van der Waals surface area contributed by atoms with Gasteiger partial charge in [0.1, 0.15) is 0 Å². The smallest absolute Gasteiger partial charge is 0.748 e. The SMILES string of the molecule is CCCCCCCCCCC(O)CCCCCCCCCS(=O)(=O)[O-].[K+]. The average Bonchev–Trinajstić information content (AvgIpc) is 2.54. The topological polar surface area (TPSA) is 77.4 Å². The second-order valence-electron chi connectivity index (χ2n) is 7.44. The number of rotatable bonds is 19. The Morgan fingerprint density at radius 3 is 1.42 bits per heavy atom. The van der Waals surface area contributed by atoms with Gasteiger partial charge in [0.25, 0.3) is 0 Å². The van der Waals surface area contributed by atoms with Gasteiger partial charge in [0.15, 0.2) is 0 Å². The largest absolute Gasteiger partial charge is 1.00 e. The molecule has 0 spiro atoms. The molecule has 0 saturated heterocycles. The van der Waals surface area contributed by atoms with Crippen LogP contribution in [0.25, 0.3) is 0 Å². The fraction of sp³-hybridized carbons (Fsp3) is 1.00. The van der Waals surface area contributed by atoms with Crippen molar-refractivity contribution in [1.82, 2.24) is 0 Å². The van der Waals surface area contributed by atoms with Crippen LogP contribution in [0.4, 0.5) is 0 Å². The van der Waals surface area contributed by atoms with Crippen LogP contribution in [-0.4, -0.2) is 29.9 Å². The first-order chi connectivity index (χ1) is 12.0. The average molecular weight is 417 g/mol. The minimum atomic E-state index is -4.03. The Kier molecular flexibility index (Phi) is 24.2. The first-order valence-electron chi connectivity index (χ1n) is 10.6. The third kappa shape index (κ3) is 25.5. The third-order valence-electron chi connectivity index (χ3n) is 4.82. The van der Waals surface area contributed by atoms with E-state index >= 15 is 0 Å². The molecular formula is C20H41KO4S. The number of aliphatic hydroxyl groups is 1. The fourth-order valence-corrected chi connectivity index (χ4v) is 3.76. The summed E-state index contributed by atoms with van der Waals surface area (Å²) in [4.78, 5) is 0. The van der Waals surface area contributed by atoms with Crippen LogP contribution in [0.5, 0.6) is 0 Å². The summed E-state index contributed by atoms with van der Waals surface area (Å²) >= 11 is 0. The molecule has 0 aliphatic heterocycles. The van der Waals surface area contributed by atoms with Crippen molar-refractivity contribution in [3.05, 3.63) is 0 Å². The first kappa shape index (κ1) is 29.7. The van der Waals surface area contributed by atoms with Gasteiger partial charge in [0.05, 0.1) is 16.2 Å².